The van der Waals surface area contributed by atoms with E-state index < -0.39 is 40.8 Å². The summed E-state index contributed by atoms with van der Waals surface area (Å²) >= 11 is 1.33. The standard InChI is InChI=1S/C27H24F2N4O4S/c1-14(2)17-5-4-10-37-19-11-16(28)22(29)15-12-38-20-6-3-8-30-23(20)24(21(15)19)33-13-31(17)27(36)25-26(35)18(34)7-9-32(25)33/h3-9,11,14,17,24,35H,10,12-13H2,1-2H3/b5-4+/t17-,24-/m1/s1. The third kappa shape index (κ3) is 3.67. The number of halogens is 2. The van der Waals surface area contributed by atoms with Gasteiger partial charge in [-0.1, -0.05) is 19.9 Å². The number of hydrogen-bond acceptors (Lipinski definition) is 7. The van der Waals surface area contributed by atoms with E-state index in [9.17, 15) is 19.1 Å². The second-order valence-electron chi connectivity index (χ2n) is 9.69. The number of rotatable bonds is 1. The smallest absolute Gasteiger partial charge is 0.278 e. The van der Waals surface area contributed by atoms with E-state index in [1.165, 1.54) is 28.7 Å². The van der Waals surface area contributed by atoms with E-state index in [0.717, 1.165) is 11.0 Å². The molecule has 8 nitrogen and oxygen atoms in total. The van der Waals surface area contributed by atoms with Gasteiger partial charge in [-0.05, 0) is 24.1 Å². The van der Waals surface area contributed by atoms with E-state index in [4.69, 9.17) is 4.74 Å². The van der Waals surface area contributed by atoms with E-state index in [2.05, 4.69) is 4.98 Å². The van der Waals surface area contributed by atoms with E-state index in [0.29, 0.717) is 11.3 Å². The van der Waals surface area contributed by atoms with Crippen LogP contribution in [0, 0.1) is 17.6 Å². The average Bonchev–Trinajstić information content (AvgIpc) is 3.08. The maximum Gasteiger partial charge on any atom is 0.278 e. The minimum absolute atomic E-state index is 0.0184. The highest BCUT2D eigenvalue weighted by molar-refractivity contribution is 7.98. The summed E-state index contributed by atoms with van der Waals surface area (Å²) in [6, 6.07) is 4.57. The number of aromatic hydroxyl groups is 1. The van der Waals surface area contributed by atoms with E-state index in [-0.39, 0.29) is 42.0 Å². The van der Waals surface area contributed by atoms with Crippen LogP contribution in [0.5, 0.6) is 11.5 Å². The molecule has 3 aliphatic rings. The lowest BCUT2D eigenvalue weighted by molar-refractivity contribution is 0.0587. The Hall–Kier alpha value is -3.86. The maximum atomic E-state index is 15.4. The minimum Gasteiger partial charge on any atom is -0.502 e. The molecule has 1 N–H and O–H groups in total. The average molecular weight is 539 g/mol. The van der Waals surface area contributed by atoms with Crippen molar-refractivity contribution in [1.82, 2.24) is 14.6 Å². The van der Waals surface area contributed by atoms with Crippen LogP contribution in [-0.2, 0) is 5.75 Å². The molecule has 196 valence electrons. The molecule has 2 atom stereocenters. The molecular weight excluding hydrogens is 514 g/mol. The first-order chi connectivity index (χ1) is 18.3. The minimum atomic E-state index is -1.02. The molecule has 6 rings (SSSR count). The van der Waals surface area contributed by atoms with Gasteiger partial charge in [0, 0.05) is 46.3 Å². The number of hydrogen-bond donors (Lipinski definition) is 1. The number of carbonyl (C=O) groups excluding carboxylic acids is 1. The van der Waals surface area contributed by atoms with E-state index in [1.54, 1.807) is 28.2 Å². The van der Waals surface area contributed by atoms with Gasteiger partial charge in [0.25, 0.3) is 5.91 Å². The van der Waals surface area contributed by atoms with Crippen LogP contribution in [0.1, 0.15) is 47.2 Å². The molecule has 2 aromatic heterocycles. The Morgan fingerprint density at radius 2 is 2.05 bits per heavy atom. The molecule has 2 bridgehead atoms. The number of aromatic nitrogens is 2. The molecule has 3 aromatic rings. The quantitative estimate of drug-likeness (QED) is 0.470. The summed E-state index contributed by atoms with van der Waals surface area (Å²) < 4.78 is 37.7. The first kappa shape index (κ1) is 24.5. The van der Waals surface area contributed by atoms with Crippen molar-refractivity contribution in [2.75, 3.05) is 18.3 Å². The van der Waals surface area contributed by atoms with Crippen molar-refractivity contribution in [2.24, 2.45) is 5.92 Å². The van der Waals surface area contributed by atoms with Crippen LogP contribution in [0.25, 0.3) is 0 Å². The van der Waals surface area contributed by atoms with Crippen LogP contribution in [0.15, 0.2) is 58.5 Å². The molecule has 0 fully saturated rings. The predicted molar refractivity (Wildman–Crippen MR) is 137 cm³/mol. The fourth-order valence-electron chi connectivity index (χ4n) is 5.34. The van der Waals surface area contributed by atoms with Gasteiger partial charge in [0.1, 0.15) is 25.1 Å². The molecule has 11 heteroatoms. The van der Waals surface area contributed by atoms with Crippen molar-refractivity contribution in [3.8, 4) is 11.5 Å². The van der Waals surface area contributed by atoms with Gasteiger partial charge in [0.2, 0.25) is 5.43 Å². The lowest BCUT2D eigenvalue weighted by Crippen LogP contribution is -2.59. The SMILES string of the molecule is CC(C)[C@H]1/C=C/COc2cc(F)c(F)c3c2[C@H](c2ncccc2SC3)N2CN1C(=O)c1c(O)c(=O)ccn12. The number of ether oxygens (including phenoxy) is 1. The largest absolute Gasteiger partial charge is 0.502 e. The summed E-state index contributed by atoms with van der Waals surface area (Å²) in [7, 11) is 0. The van der Waals surface area contributed by atoms with Crippen LogP contribution in [0.3, 0.4) is 0 Å². The van der Waals surface area contributed by atoms with Gasteiger partial charge >= 0.3 is 0 Å². The molecule has 38 heavy (non-hydrogen) atoms. The number of nitrogens with zero attached hydrogens (tertiary/aromatic N) is 4. The lowest BCUT2D eigenvalue weighted by Gasteiger charge is -2.46. The molecule has 5 heterocycles. The molecule has 0 saturated heterocycles. The lowest BCUT2D eigenvalue weighted by atomic mass is 9.95. The third-order valence-electron chi connectivity index (χ3n) is 7.13. The fraction of sp³-hybridized carbons (Fsp3) is 0.296. The van der Waals surface area contributed by atoms with Crippen molar-refractivity contribution in [1.29, 1.82) is 0 Å². The summed E-state index contributed by atoms with van der Waals surface area (Å²) in [6.07, 6.45) is 6.59. The van der Waals surface area contributed by atoms with Gasteiger partial charge in [-0.15, -0.1) is 11.8 Å². The first-order valence-corrected chi connectivity index (χ1v) is 13.2. The summed E-state index contributed by atoms with van der Waals surface area (Å²) in [5.41, 5.74) is 0.164. The Labute approximate surface area is 221 Å². The van der Waals surface area contributed by atoms with Gasteiger partial charge in [-0.3, -0.25) is 24.3 Å². The molecule has 0 aliphatic carbocycles. The number of amides is 1. The molecule has 1 aromatic carbocycles. The summed E-state index contributed by atoms with van der Waals surface area (Å²) in [6.45, 7) is 3.99. The van der Waals surface area contributed by atoms with E-state index in [1.807, 2.05) is 26.0 Å². The Bertz CT molecular complexity index is 1560. The van der Waals surface area contributed by atoms with Crippen molar-refractivity contribution in [3.05, 3.63) is 93.2 Å². The Kier molecular flexibility index (Phi) is 5.90. The van der Waals surface area contributed by atoms with Crippen molar-refractivity contribution >= 4 is 17.7 Å². The number of thioether (sulfide) groups is 1. The van der Waals surface area contributed by atoms with Crippen LogP contribution in [0.4, 0.5) is 8.78 Å². The highest BCUT2D eigenvalue weighted by Crippen LogP contribution is 2.47. The Morgan fingerprint density at radius 1 is 1.24 bits per heavy atom. The highest BCUT2D eigenvalue weighted by atomic mass is 32.2. The molecule has 0 saturated carbocycles. The monoisotopic (exact) mass is 538 g/mol. The summed E-state index contributed by atoms with van der Waals surface area (Å²) in [4.78, 5) is 33.2. The Balaban J connectivity index is 1.72. The van der Waals surface area contributed by atoms with Gasteiger partial charge in [0.05, 0.1) is 11.7 Å². The third-order valence-corrected chi connectivity index (χ3v) is 8.22. The van der Waals surface area contributed by atoms with Crippen molar-refractivity contribution < 1.29 is 23.4 Å². The molecule has 0 radical (unpaired) electrons. The summed E-state index contributed by atoms with van der Waals surface area (Å²) in [5, 5.41) is 12.6. The number of fused-ring (bicyclic) bond motifs is 7. The van der Waals surface area contributed by atoms with Gasteiger partial charge < -0.3 is 14.7 Å². The van der Waals surface area contributed by atoms with Gasteiger partial charge in [-0.2, -0.15) is 0 Å². The van der Waals surface area contributed by atoms with Gasteiger partial charge in [0.15, 0.2) is 23.1 Å². The molecule has 0 spiro atoms. The topological polar surface area (TPSA) is 87.9 Å². The molecule has 3 aliphatic heterocycles. The number of benzene rings is 1. The fourth-order valence-corrected chi connectivity index (χ4v) is 6.41. The number of pyridine rings is 2. The normalized spacial score (nSPS) is 21.0. The molecular formula is C27H24F2N4O4S. The molecule has 1 amide bonds. The van der Waals surface area contributed by atoms with Crippen molar-refractivity contribution in [3.63, 3.8) is 0 Å². The maximum absolute atomic E-state index is 15.4. The van der Waals surface area contributed by atoms with Crippen LogP contribution in [-0.4, -0.2) is 44.9 Å². The van der Waals surface area contributed by atoms with Gasteiger partial charge in [-0.25, -0.2) is 8.78 Å². The Morgan fingerprint density at radius 3 is 2.84 bits per heavy atom. The van der Waals surface area contributed by atoms with Crippen LogP contribution < -0.4 is 15.2 Å². The first-order valence-electron chi connectivity index (χ1n) is 12.2. The van der Waals surface area contributed by atoms with Crippen LogP contribution in [0.2, 0.25) is 0 Å². The highest BCUT2D eigenvalue weighted by Gasteiger charge is 2.43. The predicted octanol–water partition coefficient (Wildman–Crippen LogP) is 3.95. The van der Waals surface area contributed by atoms with Crippen molar-refractivity contribution in [2.45, 2.75) is 36.6 Å². The number of carbonyl (C=O) groups is 1. The van der Waals surface area contributed by atoms with E-state index >= 15 is 4.39 Å². The second kappa shape index (κ2) is 9.16. The zero-order valence-corrected chi connectivity index (χ0v) is 21.4. The van der Waals surface area contributed by atoms with Crippen LogP contribution >= 0.6 is 11.8 Å². The summed E-state index contributed by atoms with van der Waals surface area (Å²) in [5.74, 6) is -2.94. The zero-order chi connectivity index (χ0) is 26.7. The molecule has 0 unspecified atom stereocenters. The second-order valence-corrected chi connectivity index (χ2v) is 10.7. The zero-order valence-electron chi connectivity index (χ0n) is 20.6.